The van der Waals surface area contributed by atoms with Crippen molar-refractivity contribution in [3.8, 4) is 11.3 Å². The van der Waals surface area contributed by atoms with Gasteiger partial charge in [0.15, 0.2) is 0 Å². The van der Waals surface area contributed by atoms with E-state index in [0.29, 0.717) is 13.0 Å². The summed E-state index contributed by atoms with van der Waals surface area (Å²) >= 11 is 0. The quantitative estimate of drug-likeness (QED) is 0.831. The van der Waals surface area contributed by atoms with Gasteiger partial charge in [-0.05, 0) is 31.9 Å². The number of nitrogens with zero attached hydrogens (tertiary/aromatic N) is 2. The first kappa shape index (κ1) is 19.2. The summed E-state index contributed by atoms with van der Waals surface area (Å²) in [5.74, 6) is 1.01. The minimum Gasteiger partial charge on any atom is -0.378 e. The molecule has 150 valence electrons. The molecule has 2 unspecified atom stereocenters. The molecule has 6 nitrogen and oxygen atoms in total. The Bertz CT molecular complexity index is 848. The third-order valence-electron chi connectivity index (χ3n) is 6.58. The zero-order valence-electron chi connectivity index (χ0n) is 17.0. The van der Waals surface area contributed by atoms with Crippen molar-refractivity contribution in [3.05, 3.63) is 36.3 Å². The fraction of sp³-hybridized carbons (Fsp3) is 0.545. The summed E-state index contributed by atoms with van der Waals surface area (Å²) in [6.07, 6.45) is 6.16. The molecular formula is C22H30N4O2. The van der Waals surface area contributed by atoms with Crippen molar-refractivity contribution in [2.75, 3.05) is 11.9 Å². The molecule has 1 amide bonds. The van der Waals surface area contributed by atoms with Gasteiger partial charge in [-0.25, -0.2) is 4.98 Å². The van der Waals surface area contributed by atoms with Gasteiger partial charge in [-0.15, -0.1) is 0 Å². The van der Waals surface area contributed by atoms with Crippen molar-refractivity contribution < 1.29 is 9.53 Å². The monoisotopic (exact) mass is 382 g/mol. The Morgan fingerprint density at radius 3 is 2.71 bits per heavy atom. The number of ether oxygens (including phenoxy) is 1. The molecule has 2 aliphatic rings. The van der Waals surface area contributed by atoms with E-state index < -0.39 is 11.0 Å². The van der Waals surface area contributed by atoms with Crippen molar-refractivity contribution in [2.24, 2.45) is 11.1 Å². The summed E-state index contributed by atoms with van der Waals surface area (Å²) < 4.78 is 7.97. The van der Waals surface area contributed by atoms with Crippen molar-refractivity contribution in [3.63, 3.8) is 0 Å². The number of nitrogens with one attached hydrogen (secondary N) is 1. The number of aromatic nitrogens is 2. The van der Waals surface area contributed by atoms with E-state index >= 15 is 0 Å². The SMILES string of the molecule is CCOC1CC(N)(C(=O)Nc2ccc(-c3cn4c(n3)CCCC4)cc2)C1(C)C. The molecule has 0 spiro atoms. The van der Waals surface area contributed by atoms with E-state index in [-0.39, 0.29) is 12.0 Å². The number of benzene rings is 1. The van der Waals surface area contributed by atoms with Gasteiger partial charge in [0.05, 0.1) is 11.8 Å². The first-order valence-corrected chi connectivity index (χ1v) is 10.2. The molecule has 3 N–H and O–H groups in total. The Kier molecular flexibility index (Phi) is 4.79. The van der Waals surface area contributed by atoms with Gasteiger partial charge in [0.2, 0.25) is 5.91 Å². The van der Waals surface area contributed by atoms with Gasteiger partial charge in [-0.2, -0.15) is 0 Å². The van der Waals surface area contributed by atoms with E-state index in [1.807, 2.05) is 45.0 Å². The summed E-state index contributed by atoms with van der Waals surface area (Å²) in [7, 11) is 0. The van der Waals surface area contributed by atoms with E-state index in [1.54, 1.807) is 0 Å². The van der Waals surface area contributed by atoms with Crippen molar-refractivity contribution in [1.82, 2.24) is 9.55 Å². The Labute approximate surface area is 166 Å². The molecule has 2 atom stereocenters. The third-order valence-corrected chi connectivity index (χ3v) is 6.58. The summed E-state index contributed by atoms with van der Waals surface area (Å²) in [6.45, 7) is 7.64. The number of amides is 1. The van der Waals surface area contributed by atoms with Crippen LogP contribution < -0.4 is 11.1 Å². The third kappa shape index (κ3) is 3.05. The standard InChI is InChI=1S/C22H30N4O2/c1-4-28-18-13-22(23,21(18,2)3)20(27)24-16-10-8-15(9-11-16)17-14-26-12-6-5-7-19(26)25-17/h8-11,14,18H,4-7,12-13,23H2,1-3H3,(H,24,27). The average molecular weight is 383 g/mol. The zero-order chi connectivity index (χ0) is 19.9. The second kappa shape index (κ2) is 7.01. The van der Waals surface area contributed by atoms with Crippen LogP contribution >= 0.6 is 0 Å². The Balaban J connectivity index is 1.45. The second-order valence-electron chi connectivity index (χ2n) is 8.57. The molecule has 0 radical (unpaired) electrons. The Morgan fingerprint density at radius 2 is 2.07 bits per heavy atom. The number of anilines is 1. The van der Waals surface area contributed by atoms with Gasteiger partial charge in [0.1, 0.15) is 11.4 Å². The highest BCUT2D eigenvalue weighted by molar-refractivity contribution is 5.99. The van der Waals surface area contributed by atoms with Crippen LogP contribution in [0.1, 0.15) is 45.9 Å². The van der Waals surface area contributed by atoms with E-state index in [2.05, 4.69) is 16.1 Å². The van der Waals surface area contributed by atoms with Crippen LogP contribution in [0.4, 0.5) is 5.69 Å². The molecule has 4 rings (SSSR count). The van der Waals surface area contributed by atoms with E-state index in [1.165, 1.54) is 18.7 Å². The lowest BCUT2D eigenvalue weighted by Gasteiger charge is -2.57. The topological polar surface area (TPSA) is 82.2 Å². The van der Waals surface area contributed by atoms with Crippen LogP contribution in [0.5, 0.6) is 0 Å². The first-order valence-electron chi connectivity index (χ1n) is 10.2. The molecule has 1 saturated carbocycles. The second-order valence-corrected chi connectivity index (χ2v) is 8.57. The van der Waals surface area contributed by atoms with Crippen molar-refractivity contribution in [2.45, 2.75) is 64.6 Å². The lowest BCUT2D eigenvalue weighted by molar-refractivity contribution is -0.166. The summed E-state index contributed by atoms with van der Waals surface area (Å²) in [4.78, 5) is 17.6. The maximum atomic E-state index is 12.9. The lowest BCUT2D eigenvalue weighted by Crippen LogP contribution is -2.74. The first-order chi connectivity index (χ1) is 13.3. The smallest absolute Gasteiger partial charge is 0.245 e. The van der Waals surface area contributed by atoms with Gasteiger partial charge >= 0.3 is 0 Å². The zero-order valence-corrected chi connectivity index (χ0v) is 17.0. The molecule has 1 aliphatic carbocycles. The number of nitrogens with two attached hydrogens (primary N) is 1. The molecule has 1 fully saturated rings. The number of carbonyl (C=O) groups excluding carboxylic acids is 1. The van der Waals surface area contributed by atoms with Crippen LogP contribution in [0.15, 0.2) is 30.5 Å². The number of hydrogen-bond acceptors (Lipinski definition) is 4. The highest BCUT2D eigenvalue weighted by atomic mass is 16.5. The summed E-state index contributed by atoms with van der Waals surface area (Å²) in [5.41, 5.74) is 7.94. The number of aryl methyl sites for hydroxylation is 2. The molecule has 1 aliphatic heterocycles. The molecule has 6 heteroatoms. The van der Waals surface area contributed by atoms with Crippen molar-refractivity contribution in [1.29, 1.82) is 0 Å². The number of fused-ring (bicyclic) bond motifs is 1. The molecule has 0 saturated heterocycles. The number of imidazole rings is 1. The van der Waals surface area contributed by atoms with Gasteiger partial charge in [-0.3, -0.25) is 4.79 Å². The van der Waals surface area contributed by atoms with Crippen LogP contribution in [0.25, 0.3) is 11.3 Å². The number of hydrogen-bond donors (Lipinski definition) is 2. The van der Waals surface area contributed by atoms with E-state index in [9.17, 15) is 4.79 Å². The minimum absolute atomic E-state index is 0.0163. The van der Waals surface area contributed by atoms with Crippen LogP contribution in [-0.2, 0) is 22.5 Å². The molecule has 1 aromatic carbocycles. The maximum Gasteiger partial charge on any atom is 0.245 e. The minimum atomic E-state index is -0.922. The molecule has 28 heavy (non-hydrogen) atoms. The van der Waals surface area contributed by atoms with Gasteiger partial charge < -0.3 is 20.4 Å². The maximum absolute atomic E-state index is 12.9. The largest absolute Gasteiger partial charge is 0.378 e. The average Bonchev–Trinajstić information content (AvgIpc) is 3.12. The van der Waals surface area contributed by atoms with E-state index in [4.69, 9.17) is 15.5 Å². The molecule has 2 heterocycles. The van der Waals surface area contributed by atoms with Crippen LogP contribution in [0, 0.1) is 5.41 Å². The normalized spacial score (nSPS) is 25.6. The van der Waals surface area contributed by atoms with Crippen molar-refractivity contribution >= 4 is 11.6 Å². The molecular weight excluding hydrogens is 352 g/mol. The van der Waals surface area contributed by atoms with Crippen LogP contribution in [-0.4, -0.2) is 33.7 Å². The fourth-order valence-electron chi connectivity index (χ4n) is 4.34. The lowest BCUT2D eigenvalue weighted by atomic mass is 9.54. The molecule has 1 aromatic heterocycles. The fourth-order valence-corrected chi connectivity index (χ4v) is 4.34. The van der Waals surface area contributed by atoms with Gasteiger partial charge in [-0.1, -0.05) is 26.0 Å². The summed E-state index contributed by atoms with van der Waals surface area (Å²) in [5, 5.41) is 2.99. The molecule has 0 bridgehead atoms. The Morgan fingerprint density at radius 1 is 1.32 bits per heavy atom. The highest BCUT2D eigenvalue weighted by Gasteiger charge is 2.62. The van der Waals surface area contributed by atoms with Crippen LogP contribution in [0.3, 0.4) is 0 Å². The van der Waals surface area contributed by atoms with E-state index in [0.717, 1.165) is 29.9 Å². The molecule has 2 aromatic rings. The predicted molar refractivity (Wildman–Crippen MR) is 110 cm³/mol. The number of rotatable bonds is 5. The summed E-state index contributed by atoms with van der Waals surface area (Å²) in [6, 6.07) is 7.84. The van der Waals surface area contributed by atoms with Gasteiger partial charge in [0.25, 0.3) is 0 Å². The van der Waals surface area contributed by atoms with Crippen LogP contribution in [0.2, 0.25) is 0 Å². The Hall–Kier alpha value is -2.18. The van der Waals surface area contributed by atoms with Gasteiger partial charge in [0, 0.05) is 48.9 Å². The highest BCUT2D eigenvalue weighted by Crippen LogP contribution is 2.50. The number of carbonyl (C=O) groups is 1. The predicted octanol–water partition coefficient (Wildman–Crippen LogP) is 3.36.